The Hall–Kier alpha value is -3.31. The van der Waals surface area contributed by atoms with E-state index in [1.54, 1.807) is 11.0 Å². The number of sulfone groups is 1. The zero-order valence-corrected chi connectivity index (χ0v) is 17.0. The fourth-order valence-electron chi connectivity index (χ4n) is 4.09. The van der Waals surface area contributed by atoms with Crippen molar-refractivity contribution in [1.29, 1.82) is 5.26 Å². The van der Waals surface area contributed by atoms with Gasteiger partial charge in [0.05, 0.1) is 22.4 Å². The van der Waals surface area contributed by atoms with Gasteiger partial charge in [-0.25, -0.2) is 8.42 Å². The molecule has 4 rings (SSSR count). The molecule has 1 aliphatic carbocycles. The standard InChI is InChI=1S/C22H18N2O5S/c1-30(28,29)15-7-9-24(10-8-15)22(27)13-5-6-16-18(11-13)20(25)17-4-2-3-14(12-23)19(17)21(16)26/h2-6,11,15H,7-10H2,1H3. The van der Waals surface area contributed by atoms with Crippen molar-refractivity contribution in [3.8, 4) is 6.07 Å². The summed E-state index contributed by atoms with van der Waals surface area (Å²) in [6.07, 6.45) is 1.95. The molecule has 0 N–H and O–H groups in total. The molecule has 1 heterocycles. The Balaban J connectivity index is 1.64. The van der Waals surface area contributed by atoms with Crippen molar-refractivity contribution in [1.82, 2.24) is 4.90 Å². The molecule has 8 heteroatoms. The summed E-state index contributed by atoms with van der Waals surface area (Å²) < 4.78 is 23.4. The van der Waals surface area contributed by atoms with Crippen LogP contribution in [0.5, 0.6) is 0 Å². The molecule has 0 spiro atoms. The first-order valence-electron chi connectivity index (χ1n) is 9.47. The summed E-state index contributed by atoms with van der Waals surface area (Å²) in [7, 11) is -3.14. The largest absolute Gasteiger partial charge is 0.339 e. The Morgan fingerprint density at radius 1 is 1.03 bits per heavy atom. The molecule has 2 aromatic rings. The predicted molar refractivity (Wildman–Crippen MR) is 108 cm³/mol. The van der Waals surface area contributed by atoms with Crippen LogP contribution in [-0.2, 0) is 9.84 Å². The monoisotopic (exact) mass is 422 g/mol. The first kappa shape index (κ1) is 20.0. The maximum atomic E-state index is 13.0. The van der Waals surface area contributed by atoms with Crippen LogP contribution in [-0.4, -0.2) is 55.4 Å². The number of fused-ring (bicyclic) bond motifs is 2. The van der Waals surface area contributed by atoms with Crippen molar-refractivity contribution in [2.24, 2.45) is 0 Å². The normalized spacial score (nSPS) is 16.6. The molecule has 0 bridgehead atoms. The van der Waals surface area contributed by atoms with E-state index in [4.69, 9.17) is 0 Å². The van der Waals surface area contributed by atoms with Crippen molar-refractivity contribution in [2.75, 3.05) is 19.3 Å². The minimum absolute atomic E-state index is 0.0967. The zero-order chi connectivity index (χ0) is 21.6. The average molecular weight is 422 g/mol. The second-order valence-corrected chi connectivity index (χ2v) is 9.91. The number of carbonyl (C=O) groups is 3. The molecule has 1 amide bonds. The maximum Gasteiger partial charge on any atom is 0.253 e. The molecule has 0 atom stereocenters. The summed E-state index contributed by atoms with van der Waals surface area (Å²) >= 11 is 0. The molecular weight excluding hydrogens is 404 g/mol. The van der Waals surface area contributed by atoms with Crippen molar-refractivity contribution >= 4 is 27.3 Å². The molecule has 0 radical (unpaired) electrons. The minimum atomic E-state index is -3.14. The van der Waals surface area contributed by atoms with Crippen molar-refractivity contribution < 1.29 is 22.8 Å². The molecule has 1 saturated heterocycles. The number of hydrogen-bond acceptors (Lipinski definition) is 6. The Labute approximate surface area is 173 Å². The number of hydrogen-bond donors (Lipinski definition) is 0. The van der Waals surface area contributed by atoms with E-state index in [9.17, 15) is 28.1 Å². The number of carbonyl (C=O) groups excluding carboxylic acids is 3. The van der Waals surface area contributed by atoms with Crippen molar-refractivity contribution in [2.45, 2.75) is 18.1 Å². The number of piperidine rings is 1. The van der Waals surface area contributed by atoms with Gasteiger partial charge < -0.3 is 4.90 Å². The van der Waals surface area contributed by atoms with E-state index in [0.717, 1.165) is 0 Å². The Bertz CT molecular complexity index is 1250. The van der Waals surface area contributed by atoms with Crippen LogP contribution >= 0.6 is 0 Å². The molecule has 1 aliphatic heterocycles. The molecular formula is C22H18N2O5S. The van der Waals surface area contributed by atoms with Gasteiger partial charge in [-0.2, -0.15) is 5.26 Å². The van der Waals surface area contributed by atoms with Gasteiger partial charge in [0.25, 0.3) is 5.91 Å². The first-order chi connectivity index (χ1) is 14.2. The zero-order valence-electron chi connectivity index (χ0n) is 16.2. The Kier molecular flexibility index (Phi) is 4.79. The molecule has 30 heavy (non-hydrogen) atoms. The van der Waals surface area contributed by atoms with E-state index in [2.05, 4.69) is 0 Å². The lowest BCUT2D eigenvalue weighted by Gasteiger charge is -2.31. The Morgan fingerprint density at radius 2 is 1.73 bits per heavy atom. The average Bonchev–Trinajstić information content (AvgIpc) is 2.75. The Morgan fingerprint density at radius 3 is 2.37 bits per heavy atom. The van der Waals surface area contributed by atoms with Gasteiger partial charge in [0.2, 0.25) is 0 Å². The van der Waals surface area contributed by atoms with Gasteiger partial charge in [-0.1, -0.05) is 12.1 Å². The summed E-state index contributed by atoms with van der Waals surface area (Å²) in [5, 5.41) is 8.83. The van der Waals surface area contributed by atoms with Gasteiger partial charge in [0.1, 0.15) is 9.84 Å². The third kappa shape index (κ3) is 3.21. The van der Waals surface area contributed by atoms with E-state index < -0.39 is 26.7 Å². The minimum Gasteiger partial charge on any atom is -0.339 e. The van der Waals surface area contributed by atoms with Crippen LogP contribution in [0.2, 0.25) is 0 Å². The van der Waals surface area contributed by atoms with Crippen molar-refractivity contribution in [3.05, 3.63) is 69.8 Å². The maximum absolute atomic E-state index is 13.0. The van der Waals surface area contributed by atoms with Gasteiger partial charge >= 0.3 is 0 Å². The number of nitrogens with zero attached hydrogens (tertiary/aromatic N) is 2. The molecule has 0 unspecified atom stereocenters. The first-order valence-corrected chi connectivity index (χ1v) is 11.4. The number of benzene rings is 2. The highest BCUT2D eigenvalue weighted by Crippen LogP contribution is 2.30. The molecule has 152 valence electrons. The highest BCUT2D eigenvalue weighted by Gasteiger charge is 2.33. The topological polar surface area (TPSA) is 112 Å². The van der Waals surface area contributed by atoms with Gasteiger partial charge in [-0.05, 0) is 37.1 Å². The molecule has 2 aromatic carbocycles. The SMILES string of the molecule is CS(=O)(=O)C1CCN(C(=O)c2ccc3c(c2)C(=O)c2cccc(C#N)c2C3=O)CC1. The second-order valence-electron chi connectivity index (χ2n) is 7.58. The van der Waals surface area contributed by atoms with Gasteiger partial charge in [-0.3, -0.25) is 14.4 Å². The van der Waals surface area contributed by atoms with Crippen LogP contribution in [0.1, 0.15) is 60.6 Å². The highest BCUT2D eigenvalue weighted by molar-refractivity contribution is 7.91. The number of nitriles is 1. The number of rotatable bonds is 2. The van der Waals surface area contributed by atoms with E-state index in [1.807, 2.05) is 6.07 Å². The fraction of sp³-hybridized carbons (Fsp3) is 0.273. The lowest BCUT2D eigenvalue weighted by atomic mass is 9.81. The van der Waals surface area contributed by atoms with Crippen molar-refractivity contribution in [3.63, 3.8) is 0 Å². The van der Waals surface area contributed by atoms with Gasteiger partial charge in [0, 0.05) is 41.6 Å². The predicted octanol–water partition coefficient (Wildman–Crippen LogP) is 1.98. The number of likely N-dealkylation sites (tertiary alicyclic amines) is 1. The summed E-state index contributed by atoms with van der Waals surface area (Å²) in [6.45, 7) is 0.629. The number of ketones is 2. The van der Waals surface area contributed by atoms with E-state index >= 15 is 0 Å². The second kappa shape index (κ2) is 7.18. The van der Waals surface area contributed by atoms with Crippen LogP contribution in [0.15, 0.2) is 36.4 Å². The quantitative estimate of drug-likeness (QED) is 0.624. The van der Waals surface area contributed by atoms with E-state index in [0.29, 0.717) is 25.9 Å². The summed E-state index contributed by atoms with van der Waals surface area (Å²) in [5.74, 6) is -1.12. The molecule has 7 nitrogen and oxygen atoms in total. The lowest BCUT2D eigenvalue weighted by Crippen LogP contribution is -2.42. The molecule has 1 fully saturated rings. The van der Waals surface area contributed by atoms with Crippen LogP contribution in [0.25, 0.3) is 0 Å². The van der Waals surface area contributed by atoms with Crippen LogP contribution in [0, 0.1) is 11.3 Å². The van der Waals surface area contributed by atoms with Gasteiger partial charge in [-0.15, -0.1) is 0 Å². The summed E-state index contributed by atoms with van der Waals surface area (Å²) in [5.41, 5.74) is 0.976. The molecule has 0 aromatic heterocycles. The van der Waals surface area contributed by atoms with E-state index in [1.165, 1.54) is 36.6 Å². The summed E-state index contributed by atoms with van der Waals surface area (Å²) in [4.78, 5) is 40.3. The third-order valence-electron chi connectivity index (χ3n) is 5.75. The van der Waals surface area contributed by atoms with E-state index in [-0.39, 0.29) is 39.3 Å². The van der Waals surface area contributed by atoms with Crippen LogP contribution < -0.4 is 0 Å². The lowest BCUT2D eigenvalue weighted by molar-refractivity contribution is 0.0725. The fourth-order valence-corrected chi connectivity index (χ4v) is 5.16. The summed E-state index contributed by atoms with van der Waals surface area (Å²) in [6, 6.07) is 10.9. The highest BCUT2D eigenvalue weighted by atomic mass is 32.2. The molecule has 2 aliphatic rings. The number of amides is 1. The van der Waals surface area contributed by atoms with Crippen LogP contribution in [0.4, 0.5) is 0 Å². The van der Waals surface area contributed by atoms with Gasteiger partial charge in [0.15, 0.2) is 11.6 Å². The van der Waals surface area contributed by atoms with Crippen LogP contribution in [0.3, 0.4) is 0 Å². The third-order valence-corrected chi connectivity index (χ3v) is 7.43. The smallest absolute Gasteiger partial charge is 0.253 e. The molecule has 0 saturated carbocycles.